The number of nitrogens with zero attached hydrogens (tertiary/aromatic N) is 2. The van der Waals surface area contributed by atoms with Gasteiger partial charge in [0, 0.05) is 25.0 Å². The van der Waals surface area contributed by atoms with Crippen LogP contribution in [0.2, 0.25) is 0 Å². The van der Waals surface area contributed by atoms with Gasteiger partial charge in [-0.05, 0) is 65.1 Å². The molecule has 2 heterocycles. The van der Waals surface area contributed by atoms with Gasteiger partial charge in [-0.15, -0.1) is 0 Å². The van der Waals surface area contributed by atoms with Crippen LogP contribution in [-0.4, -0.2) is 21.1 Å². The highest BCUT2D eigenvalue weighted by Crippen LogP contribution is 2.18. The fraction of sp³-hybridized carbons (Fsp3) is 0.107. The van der Waals surface area contributed by atoms with Gasteiger partial charge in [0.25, 0.3) is 0 Å². The third-order valence-electron chi connectivity index (χ3n) is 5.18. The van der Waals surface area contributed by atoms with E-state index in [1.54, 1.807) is 18.3 Å². The third kappa shape index (κ3) is 6.14. The summed E-state index contributed by atoms with van der Waals surface area (Å²) in [5.74, 6) is 0.255. The molecule has 0 fully saturated rings. The fourth-order valence-electron chi connectivity index (χ4n) is 3.37. The maximum Gasteiger partial charge on any atom is 0.163 e. The van der Waals surface area contributed by atoms with Gasteiger partial charge in [-0.2, -0.15) is 0 Å². The first kappa shape index (κ1) is 22.0. The first-order valence-electron chi connectivity index (χ1n) is 10.7. The van der Waals surface area contributed by atoms with Crippen LogP contribution in [0.15, 0.2) is 91.3 Å². The van der Waals surface area contributed by atoms with Crippen molar-refractivity contribution < 1.29 is 14.3 Å². The standard InChI is InChI=1S/C28H24N2O3/c1-30-17-15-23-10-5-22(18-28(23)30)7-12-26(32)19-25(31)11-6-21-8-13-27(14-9-21)33-20-24-4-2-3-16-29-24/h2-18H,19-20H2,1H3. The Morgan fingerprint density at radius 2 is 1.64 bits per heavy atom. The minimum Gasteiger partial charge on any atom is -0.487 e. The lowest BCUT2D eigenvalue weighted by atomic mass is 10.1. The highest BCUT2D eigenvalue weighted by atomic mass is 16.5. The van der Waals surface area contributed by atoms with Crippen LogP contribution >= 0.6 is 0 Å². The molecule has 0 bridgehead atoms. The van der Waals surface area contributed by atoms with Crippen LogP contribution < -0.4 is 4.74 Å². The van der Waals surface area contributed by atoms with Gasteiger partial charge in [0.1, 0.15) is 12.4 Å². The van der Waals surface area contributed by atoms with Gasteiger partial charge in [-0.25, -0.2) is 0 Å². The molecule has 5 heteroatoms. The largest absolute Gasteiger partial charge is 0.487 e. The lowest BCUT2D eigenvalue weighted by molar-refractivity contribution is -0.121. The van der Waals surface area contributed by atoms with Gasteiger partial charge in [-0.3, -0.25) is 14.6 Å². The molecule has 0 radical (unpaired) electrons. The summed E-state index contributed by atoms with van der Waals surface area (Å²) in [6.07, 6.45) is 9.91. The number of pyridine rings is 1. The molecular weight excluding hydrogens is 412 g/mol. The molecule has 2 aromatic carbocycles. The average Bonchev–Trinajstić information content (AvgIpc) is 3.21. The van der Waals surface area contributed by atoms with E-state index in [-0.39, 0.29) is 18.0 Å². The monoisotopic (exact) mass is 436 g/mol. The number of hydrogen-bond donors (Lipinski definition) is 0. The van der Waals surface area contributed by atoms with E-state index in [1.807, 2.05) is 84.5 Å². The van der Waals surface area contributed by atoms with Crippen LogP contribution in [-0.2, 0) is 23.2 Å². The molecular formula is C28H24N2O3. The Hall–Kier alpha value is -4.25. The number of aromatic nitrogens is 2. The van der Waals surface area contributed by atoms with Crippen molar-refractivity contribution in [1.82, 2.24) is 9.55 Å². The Kier molecular flexibility index (Phi) is 6.90. The van der Waals surface area contributed by atoms with Gasteiger partial charge < -0.3 is 9.30 Å². The predicted octanol–water partition coefficient (Wildman–Crippen LogP) is 5.41. The number of ether oxygens (including phenoxy) is 1. The lowest BCUT2D eigenvalue weighted by Crippen LogP contribution is -2.01. The highest BCUT2D eigenvalue weighted by molar-refractivity contribution is 6.11. The van der Waals surface area contributed by atoms with E-state index in [1.165, 1.54) is 12.2 Å². The molecule has 2 aromatic heterocycles. The SMILES string of the molecule is Cn1ccc2ccc(C=CC(=O)CC(=O)C=Cc3ccc(OCc4ccccn4)cc3)cc21. The van der Waals surface area contributed by atoms with Gasteiger partial charge in [-0.1, -0.05) is 42.5 Å². The first-order valence-corrected chi connectivity index (χ1v) is 10.7. The second-order valence-corrected chi connectivity index (χ2v) is 7.70. The molecule has 0 aliphatic heterocycles. The van der Waals surface area contributed by atoms with Crippen molar-refractivity contribution in [3.05, 3.63) is 108 Å². The van der Waals surface area contributed by atoms with Crippen LogP contribution in [0.1, 0.15) is 23.2 Å². The number of ketones is 2. The number of fused-ring (bicyclic) bond motifs is 1. The van der Waals surface area contributed by atoms with Crippen molar-refractivity contribution in [2.24, 2.45) is 7.05 Å². The molecule has 4 aromatic rings. The van der Waals surface area contributed by atoms with E-state index in [9.17, 15) is 9.59 Å². The van der Waals surface area contributed by atoms with Crippen molar-refractivity contribution in [2.75, 3.05) is 0 Å². The quantitative estimate of drug-likeness (QED) is 0.260. The van der Waals surface area contributed by atoms with Gasteiger partial charge in [0.05, 0.1) is 12.1 Å². The zero-order valence-electron chi connectivity index (χ0n) is 18.3. The van der Waals surface area contributed by atoms with Crippen molar-refractivity contribution in [3.8, 4) is 5.75 Å². The van der Waals surface area contributed by atoms with Crippen molar-refractivity contribution in [2.45, 2.75) is 13.0 Å². The normalized spacial score (nSPS) is 11.4. The molecule has 0 atom stereocenters. The van der Waals surface area contributed by atoms with Crippen molar-refractivity contribution in [1.29, 1.82) is 0 Å². The van der Waals surface area contributed by atoms with E-state index >= 15 is 0 Å². The minimum absolute atomic E-state index is 0.162. The molecule has 4 rings (SSSR count). The molecule has 33 heavy (non-hydrogen) atoms. The number of carbonyl (C=O) groups excluding carboxylic acids is 2. The van der Waals surface area contributed by atoms with Crippen molar-refractivity contribution >= 4 is 34.6 Å². The van der Waals surface area contributed by atoms with Crippen LogP contribution in [0.4, 0.5) is 0 Å². The van der Waals surface area contributed by atoms with E-state index in [0.29, 0.717) is 6.61 Å². The summed E-state index contributed by atoms with van der Waals surface area (Å²) >= 11 is 0. The molecule has 0 unspecified atom stereocenters. The molecule has 0 aliphatic carbocycles. The van der Waals surface area contributed by atoms with E-state index in [2.05, 4.69) is 4.98 Å². The number of carbonyl (C=O) groups is 2. The highest BCUT2D eigenvalue weighted by Gasteiger charge is 2.04. The molecule has 0 N–H and O–H groups in total. The fourth-order valence-corrected chi connectivity index (χ4v) is 3.37. The summed E-state index contributed by atoms with van der Waals surface area (Å²) in [6.45, 7) is 0.392. The molecule has 0 saturated carbocycles. The Morgan fingerprint density at radius 3 is 2.36 bits per heavy atom. The number of benzene rings is 2. The molecule has 0 saturated heterocycles. The molecule has 0 spiro atoms. The summed E-state index contributed by atoms with van der Waals surface area (Å²) < 4.78 is 7.74. The maximum atomic E-state index is 12.2. The number of allylic oxidation sites excluding steroid dienone is 2. The molecule has 5 nitrogen and oxygen atoms in total. The molecule has 0 amide bonds. The first-order chi connectivity index (χ1) is 16.1. The smallest absolute Gasteiger partial charge is 0.163 e. The Morgan fingerprint density at radius 1 is 0.909 bits per heavy atom. The van der Waals surface area contributed by atoms with Gasteiger partial charge in [0.15, 0.2) is 11.6 Å². The maximum absolute atomic E-state index is 12.2. The zero-order chi connectivity index (χ0) is 23.0. The Bertz CT molecular complexity index is 1320. The third-order valence-corrected chi connectivity index (χ3v) is 5.18. The number of aryl methyl sites for hydroxylation is 1. The lowest BCUT2D eigenvalue weighted by Gasteiger charge is -2.05. The van der Waals surface area contributed by atoms with Gasteiger partial charge in [0.2, 0.25) is 0 Å². The molecule has 0 aliphatic rings. The van der Waals surface area contributed by atoms with Crippen LogP contribution in [0.25, 0.3) is 23.1 Å². The number of rotatable bonds is 9. The van der Waals surface area contributed by atoms with Crippen LogP contribution in [0, 0.1) is 0 Å². The van der Waals surface area contributed by atoms with Crippen LogP contribution in [0.3, 0.4) is 0 Å². The zero-order valence-corrected chi connectivity index (χ0v) is 18.3. The summed E-state index contributed by atoms with van der Waals surface area (Å²) in [6, 6.07) is 21.1. The average molecular weight is 437 g/mol. The summed E-state index contributed by atoms with van der Waals surface area (Å²) in [5, 5.41) is 1.15. The van der Waals surface area contributed by atoms with E-state index < -0.39 is 0 Å². The Labute approximate surface area is 192 Å². The summed E-state index contributed by atoms with van der Waals surface area (Å²) in [4.78, 5) is 28.6. The topological polar surface area (TPSA) is 61.2 Å². The summed E-state index contributed by atoms with van der Waals surface area (Å²) in [7, 11) is 1.98. The summed E-state index contributed by atoms with van der Waals surface area (Å²) in [5.41, 5.74) is 3.72. The Balaban J connectivity index is 1.27. The number of hydrogen-bond acceptors (Lipinski definition) is 4. The van der Waals surface area contributed by atoms with Gasteiger partial charge >= 0.3 is 0 Å². The van der Waals surface area contributed by atoms with E-state index in [4.69, 9.17) is 4.74 Å². The van der Waals surface area contributed by atoms with E-state index in [0.717, 1.165) is 33.5 Å². The second-order valence-electron chi connectivity index (χ2n) is 7.70. The molecule has 164 valence electrons. The minimum atomic E-state index is -0.238. The van der Waals surface area contributed by atoms with Crippen LogP contribution in [0.5, 0.6) is 5.75 Å². The predicted molar refractivity (Wildman–Crippen MR) is 131 cm³/mol. The second kappa shape index (κ2) is 10.4. The van der Waals surface area contributed by atoms with Crippen molar-refractivity contribution in [3.63, 3.8) is 0 Å².